The Morgan fingerprint density at radius 1 is 1.30 bits per heavy atom. The predicted octanol–water partition coefficient (Wildman–Crippen LogP) is 4.46. The molecular weight excluding hydrogens is 349 g/mol. The van der Waals surface area contributed by atoms with Gasteiger partial charge in [-0.2, -0.15) is 18.2 Å². The Morgan fingerprint density at radius 2 is 2.13 bits per heavy atom. The predicted molar refractivity (Wildman–Crippen MR) is 78.9 cm³/mol. The van der Waals surface area contributed by atoms with Gasteiger partial charge in [0.05, 0.1) is 10.8 Å². The van der Waals surface area contributed by atoms with Crippen LogP contribution in [0, 0.1) is 0 Å². The lowest BCUT2D eigenvalue weighted by Crippen LogP contribution is -2.04. The van der Waals surface area contributed by atoms with Crippen LogP contribution < -0.4 is 0 Å². The third-order valence-corrected chi connectivity index (χ3v) is 4.75. The molecular formula is C13H9F3N4OS2. The van der Waals surface area contributed by atoms with E-state index in [9.17, 15) is 13.2 Å². The summed E-state index contributed by atoms with van der Waals surface area (Å²) in [5.74, 6) is 0.438. The average molecular weight is 358 g/mol. The molecule has 0 aliphatic carbocycles. The van der Waals surface area contributed by atoms with E-state index in [-0.39, 0.29) is 16.6 Å². The second kappa shape index (κ2) is 6.28. The molecule has 0 unspecified atom stereocenters. The van der Waals surface area contributed by atoms with E-state index < -0.39 is 11.7 Å². The van der Waals surface area contributed by atoms with Crippen molar-refractivity contribution in [3.63, 3.8) is 0 Å². The molecule has 0 bridgehead atoms. The molecule has 1 aromatic carbocycles. The van der Waals surface area contributed by atoms with Crippen molar-refractivity contribution in [3.05, 3.63) is 41.2 Å². The topological polar surface area (TPSA) is 64.7 Å². The summed E-state index contributed by atoms with van der Waals surface area (Å²) in [4.78, 5) is 4.17. The SMILES string of the molecule is C[C@@H](Sc1nncs1)c1nc(-c2cccc(C(F)(F)F)c2)no1. The maximum absolute atomic E-state index is 12.7. The number of hydrogen-bond acceptors (Lipinski definition) is 7. The fraction of sp³-hybridized carbons (Fsp3) is 0.231. The van der Waals surface area contributed by atoms with Crippen molar-refractivity contribution in [3.8, 4) is 11.4 Å². The molecule has 2 heterocycles. The van der Waals surface area contributed by atoms with Crippen LogP contribution in [-0.2, 0) is 6.18 Å². The fourth-order valence-electron chi connectivity index (χ4n) is 1.77. The lowest BCUT2D eigenvalue weighted by molar-refractivity contribution is -0.137. The Morgan fingerprint density at radius 3 is 2.83 bits per heavy atom. The fourth-order valence-corrected chi connectivity index (χ4v) is 3.42. The van der Waals surface area contributed by atoms with Crippen molar-refractivity contribution < 1.29 is 17.7 Å². The Bertz CT molecular complexity index is 789. The number of benzene rings is 1. The van der Waals surface area contributed by atoms with Crippen LogP contribution in [0.2, 0.25) is 0 Å². The van der Waals surface area contributed by atoms with Crippen LogP contribution in [0.15, 0.2) is 38.6 Å². The Balaban J connectivity index is 1.82. The first-order valence-electron chi connectivity index (χ1n) is 6.37. The van der Waals surface area contributed by atoms with Crippen molar-refractivity contribution in [2.24, 2.45) is 0 Å². The van der Waals surface area contributed by atoms with Gasteiger partial charge in [0.15, 0.2) is 4.34 Å². The van der Waals surface area contributed by atoms with Crippen LogP contribution in [-0.4, -0.2) is 20.3 Å². The first-order valence-corrected chi connectivity index (χ1v) is 8.13. The number of thioether (sulfide) groups is 1. The minimum Gasteiger partial charge on any atom is -0.338 e. The molecule has 2 aromatic heterocycles. The van der Waals surface area contributed by atoms with Crippen LogP contribution in [0.1, 0.15) is 23.6 Å². The molecule has 0 aliphatic rings. The molecule has 23 heavy (non-hydrogen) atoms. The molecule has 0 radical (unpaired) electrons. The molecule has 0 amide bonds. The van der Waals surface area contributed by atoms with E-state index in [0.717, 1.165) is 16.5 Å². The van der Waals surface area contributed by atoms with E-state index in [0.29, 0.717) is 5.89 Å². The van der Waals surface area contributed by atoms with Crippen LogP contribution in [0.5, 0.6) is 0 Å². The van der Waals surface area contributed by atoms with Gasteiger partial charge in [0.25, 0.3) is 0 Å². The summed E-state index contributed by atoms with van der Waals surface area (Å²) in [6, 6.07) is 4.82. The highest BCUT2D eigenvalue weighted by Gasteiger charge is 2.31. The second-order valence-corrected chi connectivity index (χ2v) is 6.92. The van der Waals surface area contributed by atoms with Crippen LogP contribution >= 0.6 is 23.1 Å². The summed E-state index contributed by atoms with van der Waals surface area (Å²) in [5.41, 5.74) is 1.11. The largest absolute Gasteiger partial charge is 0.416 e. The molecule has 1 atom stereocenters. The molecule has 0 spiro atoms. The molecule has 0 aliphatic heterocycles. The summed E-state index contributed by atoms with van der Waals surface area (Å²) in [6.45, 7) is 1.84. The van der Waals surface area contributed by atoms with Gasteiger partial charge in [-0.25, -0.2) is 0 Å². The van der Waals surface area contributed by atoms with Crippen LogP contribution in [0.4, 0.5) is 13.2 Å². The summed E-state index contributed by atoms with van der Waals surface area (Å²) < 4.78 is 44.1. The van der Waals surface area contributed by atoms with E-state index in [1.165, 1.54) is 35.2 Å². The molecule has 0 fully saturated rings. The highest BCUT2D eigenvalue weighted by atomic mass is 32.2. The minimum absolute atomic E-state index is 0.121. The summed E-state index contributed by atoms with van der Waals surface area (Å²) in [6.07, 6.45) is -4.41. The summed E-state index contributed by atoms with van der Waals surface area (Å²) in [5, 5.41) is 11.2. The monoisotopic (exact) mass is 358 g/mol. The second-order valence-electron chi connectivity index (χ2n) is 4.50. The molecule has 10 heteroatoms. The Labute approximate surface area is 136 Å². The summed E-state index contributed by atoms with van der Waals surface area (Å²) in [7, 11) is 0. The Hall–Kier alpha value is -1.94. The van der Waals surface area contributed by atoms with Gasteiger partial charge in [-0.1, -0.05) is 40.4 Å². The summed E-state index contributed by atoms with van der Waals surface area (Å²) >= 11 is 2.77. The zero-order valence-corrected chi connectivity index (χ0v) is 13.2. The smallest absolute Gasteiger partial charge is 0.338 e. The first-order chi connectivity index (χ1) is 10.9. The molecule has 120 valence electrons. The maximum Gasteiger partial charge on any atom is 0.416 e. The number of halogens is 3. The van der Waals surface area contributed by atoms with E-state index in [2.05, 4.69) is 20.3 Å². The van der Waals surface area contributed by atoms with Crippen molar-refractivity contribution in [2.45, 2.75) is 22.7 Å². The lowest BCUT2D eigenvalue weighted by Gasteiger charge is -2.06. The average Bonchev–Trinajstić information content (AvgIpc) is 3.17. The normalized spacial score (nSPS) is 13.2. The van der Waals surface area contributed by atoms with E-state index in [4.69, 9.17) is 4.52 Å². The Kier molecular flexibility index (Phi) is 4.35. The molecule has 3 rings (SSSR count). The van der Waals surface area contributed by atoms with Gasteiger partial charge >= 0.3 is 6.18 Å². The highest BCUT2D eigenvalue weighted by Crippen LogP contribution is 2.36. The van der Waals surface area contributed by atoms with Gasteiger partial charge in [-0.3, -0.25) is 0 Å². The van der Waals surface area contributed by atoms with Gasteiger partial charge in [0.2, 0.25) is 11.7 Å². The quantitative estimate of drug-likeness (QED) is 0.642. The van der Waals surface area contributed by atoms with Gasteiger partial charge in [0.1, 0.15) is 5.51 Å². The number of alkyl halides is 3. The number of rotatable bonds is 4. The molecule has 0 N–H and O–H groups in total. The molecule has 3 aromatic rings. The number of nitrogens with zero attached hydrogens (tertiary/aromatic N) is 4. The number of hydrogen-bond donors (Lipinski definition) is 0. The maximum atomic E-state index is 12.7. The van der Waals surface area contributed by atoms with Crippen LogP contribution in [0.3, 0.4) is 0 Å². The third kappa shape index (κ3) is 3.70. The highest BCUT2D eigenvalue weighted by molar-refractivity contribution is 8.01. The van der Waals surface area contributed by atoms with Crippen molar-refractivity contribution in [1.29, 1.82) is 0 Å². The van der Waals surface area contributed by atoms with Crippen molar-refractivity contribution in [2.75, 3.05) is 0 Å². The molecule has 0 saturated carbocycles. The van der Waals surface area contributed by atoms with Gasteiger partial charge in [-0.05, 0) is 19.1 Å². The molecule has 5 nitrogen and oxygen atoms in total. The zero-order valence-electron chi connectivity index (χ0n) is 11.6. The third-order valence-electron chi connectivity index (χ3n) is 2.86. The number of aromatic nitrogens is 4. The zero-order chi connectivity index (χ0) is 16.4. The standard InChI is InChI=1S/C13H9F3N4OS2/c1-7(23-12-19-17-6-22-12)11-18-10(20-21-11)8-3-2-4-9(5-8)13(14,15)16/h2-7H,1H3/t7-/m1/s1. The van der Waals surface area contributed by atoms with Crippen LogP contribution in [0.25, 0.3) is 11.4 Å². The van der Waals surface area contributed by atoms with Gasteiger partial charge < -0.3 is 4.52 Å². The minimum atomic E-state index is -4.41. The lowest BCUT2D eigenvalue weighted by atomic mass is 10.1. The van der Waals surface area contributed by atoms with Gasteiger partial charge in [0, 0.05) is 5.56 Å². The molecule has 0 saturated heterocycles. The van der Waals surface area contributed by atoms with Crippen molar-refractivity contribution in [1.82, 2.24) is 20.3 Å². The van der Waals surface area contributed by atoms with E-state index >= 15 is 0 Å². The van der Waals surface area contributed by atoms with E-state index in [1.807, 2.05) is 6.92 Å². The van der Waals surface area contributed by atoms with E-state index in [1.54, 1.807) is 5.51 Å². The first kappa shape index (κ1) is 15.9. The van der Waals surface area contributed by atoms with Gasteiger partial charge in [-0.15, -0.1) is 10.2 Å². The van der Waals surface area contributed by atoms with Crippen molar-refractivity contribution >= 4 is 23.1 Å².